The van der Waals surface area contributed by atoms with Crippen molar-refractivity contribution in [1.82, 2.24) is 4.90 Å². The third kappa shape index (κ3) is 1.90. The molecule has 5 heteroatoms. The van der Waals surface area contributed by atoms with Gasteiger partial charge in [0.05, 0.1) is 10.8 Å². The summed E-state index contributed by atoms with van der Waals surface area (Å²) >= 11 is 0. The molecule has 2 rings (SSSR count). The van der Waals surface area contributed by atoms with E-state index < -0.39 is 16.8 Å². The summed E-state index contributed by atoms with van der Waals surface area (Å²) < 4.78 is 0. The zero-order chi connectivity index (χ0) is 13.6. The SMILES string of the molecule is CC1(C(=O)O)CCN(C(=O)C2(C)CCCC2N)C1. The summed E-state index contributed by atoms with van der Waals surface area (Å²) in [5, 5.41) is 9.19. The van der Waals surface area contributed by atoms with Crippen LogP contribution in [0.15, 0.2) is 0 Å². The van der Waals surface area contributed by atoms with Gasteiger partial charge >= 0.3 is 5.97 Å². The number of nitrogens with two attached hydrogens (primary N) is 1. The number of amides is 1. The Morgan fingerprint density at radius 1 is 1.33 bits per heavy atom. The van der Waals surface area contributed by atoms with E-state index >= 15 is 0 Å². The molecule has 1 saturated carbocycles. The minimum absolute atomic E-state index is 0.0393. The molecule has 1 aliphatic carbocycles. The smallest absolute Gasteiger partial charge is 0.311 e. The van der Waals surface area contributed by atoms with Crippen LogP contribution in [0.2, 0.25) is 0 Å². The van der Waals surface area contributed by atoms with Crippen molar-refractivity contribution in [3.05, 3.63) is 0 Å². The predicted octanol–water partition coefficient (Wildman–Crippen LogP) is 0.827. The van der Waals surface area contributed by atoms with Crippen molar-refractivity contribution in [2.45, 2.75) is 45.6 Å². The number of hydrogen-bond acceptors (Lipinski definition) is 3. The van der Waals surface area contributed by atoms with Crippen LogP contribution in [0.5, 0.6) is 0 Å². The third-order valence-corrected chi connectivity index (χ3v) is 4.80. The molecule has 18 heavy (non-hydrogen) atoms. The molecule has 3 N–H and O–H groups in total. The van der Waals surface area contributed by atoms with Crippen molar-refractivity contribution < 1.29 is 14.7 Å². The van der Waals surface area contributed by atoms with Crippen LogP contribution in [0.1, 0.15) is 39.5 Å². The summed E-state index contributed by atoms with van der Waals surface area (Å²) in [6.07, 6.45) is 3.20. The topological polar surface area (TPSA) is 83.6 Å². The summed E-state index contributed by atoms with van der Waals surface area (Å²) in [4.78, 5) is 25.4. The highest BCUT2D eigenvalue weighted by molar-refractivity contribution is 5.85. The van der Waals surface area contributed by atoms with Crippen molar-refractivity contribution >= 4 is 11.9 Å². The molecule has 102 valence electrons. The van der Waals surface area contributed by atoms with Gasteiger partial charge in [-0.3, -0.25) is 9.59 Å². The molecule has 0 spiro atoms. The lowest BCUT2D eigenvalue weighted by molar-refractivity contribution is -0.148. The maximum Gasteiger partial charge on any atom is 0.311 e. The van der Waals surface area contributed by atoms with Crippen LogP contribution in [0.4, 0.5) is 0 Å². The fourth-order valence-corrected chi connectivity index (χ4v) is 3.13. The van der Waals surface area contributed by atoms with Gasteiger partial charge in [-0.25, -0.2) is 0 Å². The van der Waals surface area contributed by atoms with Crippen molar-refractivity contribution in [3.63, 3.8) is 0 Å². The van der Waals surface area contributed by atoms with Gasteiger partial charge in [0.15, 0.2) is 0 Å². The molecule has 0 aromatic carbocycles. The second kappa shape index (κ2) is 4.23. The first-order chi connectivity index (χ1) is 8.29. The molecule has 0 aromatic rings. The molecule has 1 aliphatic heterocycles. The monoisotopic (exact) mass is 254 g/mol. The highest BCUT2D eigenvalue weighted by Gasteiger charge is 2.49. The van der Waals surface area contributed by atoms with Gasteiger partial charge in [-0.1, -0.05) is 6.42 Å². The first-order valence-corrected chi connectivity index (χ1v) is 6.58. The Morgan fingerprint density at radius 2 is 2.00 bits per heavy atom. The summed E-state index contributed by atoms with van der Waals surface area (Å²) in [7, 11) is 0. The number of likely N-dealkylation sites (tertiary alicyclic amines) is 1. The Labute approximate surface area is 107 Å². The number of hydrogen-bond donors (Lipinski definition) is 2. The third-order valence-electron chi connectivity index (χ3n) is 4.80. The van der Waals surface area contributed by atoms with Crippen LogP contribution in [-0.4, -0.2) is 41.0 Å². The molecule has 0 radical (unpaired) electrons. The van der Waals surface area contributed by atoms with E-state index in [1.807, 2.05) is 6.92 Å². The molecule has 2 fully saturated rings. The first kappa shape index (κ1) is 13.3. The highest BCUT2D eigenvalue weighted by Crippen LogP contribution is 2.41. The fraction of sp³-hybridized carbons (Fsp3) is 0.846. The zero-order valence-electron chi connectivity index (χ0n) is 11.1. The van der Waals surface area contributed by atoms with E-state index in [9.17, 15) is 14.7 Å². The number of rotatable bonds is 2. The average Bonchev–Trinajstić information content (AvgIpc) is 2.85. The average molecular weight is 254 g/mol. The van der Waals surface area contributed by atoms with E-state index in [0.29, 0.717) is 19.5 Å². The molecular weight excluding hydrogens is 232 g/mol. The van der Waals surface area contributed by atoms with Gasteiger partial charge in [0, 0.05) is 19.1 Å². The van der Waals surface area contributed by atoms with E-state index in [1.165, 1.54) is 0 Å². The molecule has 1 amide bonds. The fourth-order valence-electron chi connectivity index (χ4n) is 3.13. The predicted molar refractivity (Wildman–Crippen MR) is 66.9 cm³/mol. The number of aliphatic carboxylic acids is 1. The van der Waals surface area contributed by atoms with Gasteiger partial charge in [0.25, 0.3) is 0 Å². The quantitative estimate of drug-likeness (QED) is 0.764. The number of nitrogens with zero attached hydrogens (tertiary/aromatic N) is 1. The molecule has 2 aliphatic rings. The molecular formula is C13H22N2O3. The summed E-state index contributed by atoms with van der Waals surface area (Å²) in [6, 6.07) is -0.0957. The molecule has 5 nitrogen and oxygen atoms in total. The molecule has 0 bridgehead atoms. The van der Waals surface area contributed by atoms with Crippen LogP contribution >= 0.6 is 0 Å². The number of carbonyl (C=O) groups excluding carboxylic acids is 1. The van der Waals surface area contributed by atoms with Crippen LogP contribution in [0, 0.1) is 10.8 Å². The van der Waals surface area contributed by atoms with Crippen LogP contribution in [0.25, 0.3) is 0 Å². The van der Waals surface area contributed by atoms with Crippen molar-refractivity contribution in [2.75, 3.05) is 13.1 Å². The van der Waals surface area contributed by atoms with Gasteiger partial charge < -0.3 is 15.7 Å². The summed E-state index contributed by atoms with van der Waals surface area (Å²) in [6.45, 7) is 4.47. The van der Waals surface area contributed by atoms with Gasteiger partial charge in [0.1, 0.15) is 0 Å². The van der Waals surface area contributed by atoms with E-state index in [4.69, 9.17) is 5.73 Å². The molecule has 3 unspecified atom stereocenters. The number of carboxylic acid groups (broad SMARTS) is 1. The second-order valence-corrected chi connectivity index (χ2v) is 6.26. The van der Waals surface area contributed by atoms with Crippen molar-refractivity contribution in [1.29, 1.82) is 0 Å². The van der Waals surface area contributed by atoms with E-state index in [1.54, 1.807) is 11.8 Å². The zero-order valence-corrected chi connectivity index (χ0v) is 11.1. The van der Waals surface area contributed by atoms with E-state index in [-0.39, 0.29) is 11.9 Å². The van der Waals surface area contributed by atoms with Gasteiger partial charge in [-0.15, -0.1) is 0 Å². The normalized spacial score (nSPS) is 40.2. The standard InChI is InChI=1S/C13H22N2O3/c1-12(11(17)18)6-7-15(8-12)10(16)13(2)5-3-4-9(13)14/h9H,3-8,14H2,1-2H3,(H,17,18). The van der Waals surface area contributed by atoms with Crippen LogP contribution in [-0.2, 0) is 9.59 Å². The first-order valence-electron chi connectivity index (χ1n) is 6.58. The highest BCUT2D eigenvalue weighted by atomic mass is 16.4. The van der Waals surface area contributed by atoms with Gasteiger partial charge in [-0.05, 0) is 33.1 Å². The Balaban J connectivity index is 2.10. The lowest BCUT2D eigenvalue weighted by atomic mass is 9.83. The molecule has 1 heterocycles. The maximum absolute atomic E-state index is 12.5. The van der Waals surface area contributed by atoms with Crippen LogP contribution < -0.4 is 5.73 Å². The van der Waals surface area contributed by atoms with Gasteiger partial charge in [-0.2, -0.15) is 0 Å². The summed E-state index contributed by atoms with van der Waals surface area (Å²) in [5.41, 5.74) is 4.75. The van der Waals surface area contributed by atoms with E-state index in [2.05, 4.69) is 0 Å². The van der Waals surface area contributed by atoms with Crippen LogP contribution in [0.3, 0.4) is 0 Å². The molecule has 3 atom stereocenters. The molecule has 1 saturated heterocycles. The Bertz CT molecular complexity index is 384. The largest absolute Gasteiger partial charge is 0.481 e. The Kier molecular flexibility index (Phi) is 3.13. The maximum atomic E-state index is 12.5. The Hall–Kier alpha value is -1.10. The second-order valence-electron chi connectivity index (χ2n) is 6.26. The number of carbonyl (C=O) groups is 2. The lowest BCUT2D eigenvalue weighted by Gasteiger charge is -2.32. The molecule has 0 aromatic heterocycles. The lowest BCUT2D eigenvalue weighted by Crippen LogP contribution is -2.49. The van der Waals surface area contributed by atoms with Gasteiger partial charge in [0.2, 0.25) is 5.91 Å². The summed E-state index contributed by atoms with van der Waals surface area (Å²) in [5.74, 6) is -0.781. The Morgan fingerprint density at radius 3 is 2.44 bits per heavy atom. The van der Waals surface area contributed by atoms with E-state index in [0.717, 1.165) is 19.3 Å². The minimum Gasteiger partial charge on any atom is -0.481 e. The van der Waals surface area contributed by atoms with Crippen molar-refractivity contribution in [3.8, 4) is 0 Å². The number of carboxylic acids is 1. The minimum atomic E-state index is -0.821. The van der Waals surface area contributed by atoms with Crippen molar-refractivity contribution in [2.24, 2.45) is 16.6 Å².